The van der Waals surface area contributed by atoms with E-state index in [4.69, 9.17) is 10.5 Å². The minimum Gasteiger partial charge on any atom is -0.481 e. The molecule has 0 fully saturated rings. The molecule has 1 aromatic heterocycles. The molecule has 0 unspecified atom stereocenters. The van der Waals surface area contributed by atoms with Crippen LogP contribution in [0.5, 0.6) is 0 Å². The highest BCUT2D eigenvalue weighted by molar-refractivity contribution is 5.95. The predicted molar refractivity (Wildman–Crippen MR) is 72.9 cm³/mol. The van der Waals surface area contributed by atoms with Gasteiger partial charge in [0.05, 0.1) is 0 Å². The van der Waals surface area contributed by atoms with Crippen molar-refractivity contribution in [1.29, 1.82) is 0 Å². The van der Waals surface area contributed by atoms with Crippen LogP contribution in [0.3, 0.4) is 0 Å². The Morgan fingerprint density at radius 1 is 1.35 bits per heavy atom. The van der Waals surface area contributed by atoms with Crippen LogP contribution in [0.2, 0.25) is 0 Å². The molecule has 6 heteroatoms. The van der Waals surface area contributed by atoms with Gasteiger partial charge in [-0.1, -0.05) is 0 Å². The molecule has 0 saturated carbocycles. The van der Waals surface area contributed by atoms with Gasteiger partial charge in [0.15, 0.2) is 5.92 Å². The molecule has 2 atom stereocenters. The van der Waals surface area contributed by atoms with Crippen LogP contribution < -0.4 is 5.73 Å². The van der Waals surface area contributed by atoms with Gasteiger partial charge < -0.3 is 15.6 Å². The number of esters is 1. The molecule has 6 nitrogen and oxygen atoms in total. The molecule has 0 radical (unpaired) electrons. The fourth-order valence-electron chi connectivity index (χ4n) is 1.73. The highest BCUT2D eigenvalue weighted by Gasteiger charge is 2.36. The first kappa shape index (κ1) is 16.1. The maximum atomic E-state index is 11.9. The first-order valence-corrected chi connectivity index (χ1v) is 6.31. The van der Waals surface area contributed by atoms with Crippen LogP contribution in [0.15, 0.2) is 24.5 Å². The standard InChI is InChI=1S/C14H20N2O4/c1-14(2,3)20-13(19)11(12(17)18)10(15)8-9-4-6-16-7-5-9/h4-7,10-11H,8,15H2,1-3H3,(H,17,18)/t10-,11-/m0/s1. The fraction of sp³-hybridized carbons (Fsp3) is 0.500. The highest BCUT2D eigenvalue weighted by Crippen LogP contribution is 2.16. The number of ether oxygens (including phenoxy) is 1. The van der Waals surface area contributed by atoms with Gasteiger partial charge in [0.1, 0.15) is 5.60 Å². The van der Waals surface area contributed by atoms with Gasteiger partial charge in [-0.05, 0) is 44.9 Å². The zero-order valence-electron chi connectivity index (χ0n) is 11.9. The van der Waals surface area contributed by atoms with Crippen molar-refractivity contribution in [3.8, 4) is 0 Å². The molecule has 110 valence electrons. The summed E-state index contributed by atoms with van der Waals surface area (Å²) in [5, 5.41) is 9.20. The van der Waals surface area contributed by atoms with Crippen LogP contribution in [0.4, 0.5) is 0 Å². The normalized spacial score (nSPS) is 14.4. The summed E-state index contributed by atoms with van der Waals surface area (Å²) >= 11 is 0. The van der Waals surface area contributed by atoms with Crippen LogP contribution in [0, 0.1) is 5.92 Å². The maximum Gasteiger partial charge on any atom is 0.322 e. The Hall–Kier alpha value is -1.95. The number of carbonyl (C=O) groups excluding carboxylic acids is 1. The van der Waals surface area contributed by atoms with Crippen molar-refractivity contribution >= 4 is 11.9 Å². The topological polar surface area (TPSA) is 103 Å². The summed E-state index contributed by atoms with van der Waals surface area (Å²) in [6.45, 7) is 5.04. The van der Waals surface area contributed by atoms with E-state index in [1.807, 2.05) is 0 Å². The monoisotopic (exact) mass is 280 g/mol. The maximum absolute atomic E-state index is 11.9. The van der Waals surface area contributed by atoms with E-state index in [2.05, 4.69) is 4.98 Å². The van der Waals surface area contributed by atoms with E-state index in [1.54, 1.807) is 45.3 Å². The van der Waals surface area contributed by atoms with Gasteiger partial charge in [0.2, 0.25) is 0 Å². The molecule has 1 aromatic rings. The van der Waals surface area contributed by atoms with Crippen molar-refractivity contribution in [2.24, 2.45) is 11.7 Å². The molecule has 3 N–H and O–H groups in total. The average molecular weight is 280 g/mol. The SMILES string of the molecule is CC(C)(C)OC(=O)[C@H](C(=O)O)[C@@H](N)Cc1ccncc1. The number of aliphatic carboxylic acids is 1. The fourth-order valence-corrected chi connectivity index (χ4v) is 1.73. The quantitative estimate of drug-likeness (QED) is 0.616. The Bertz CT molecular complexity index is 468. The van der Waals surface area contributed by atoms with Gasteiger partial charge in [-0.25, -0.2) is 0 Å². The first-order valence-electron chi connectivity index (χ1n) is 6.31. The summed E-state index contributed by atoms with van der Waals surface area (Å²) in [6, 6.07) is 2.60. The number of hydrogen-bond acceptors (Lipinski definition) is 5. The van der Waals surface area contributed by atoms with E-state index in [-0.39, 0.29) is 6.42 Å². The smallest absolute Gasteiger partial charge is 0.322 e. The lowest BCUT2D eigenvalue weighted by Gasteiger charge is -2.25. The van der Waals surface area contributed by atoms with E-state index in [0.29, 0.717) is 0 Å². The lowest BCUT2D eigenvalue weighted by atomic mass is 9.94. The van der Waals surface area contributed by atoms with E-state index in [9.17, 15) is 14.7 Å². The zero-order valence-corrected chi connectivity index (χ0v) is 11.9. The first-order chi connectivity index (χ1) is 9.20. The van der Waals surface area contributed by atoms with Gasteiger partial charge >= 0.3 is 11.9 Å². The van der Waals surface area contributed by atoms with Crippen molar-refractivity contribution in [1.82, 2.24) is 4.98 Å². The summed E-state index contributed by atoms with van der Waals surface area (Å²) in [5.41, 5.74) is 5.94. The Labute approximate surface area is 118 Å². The third-order valence-electron chi connectivity index (χ3n) is 2.58. The van der Waals surface area contributed by atoms with E-state index in [1.165, 1.54) is 0 Å². The number of nitrogens with zero attached hydrogens (tertiary/aromatic N) is 1. The van der Waals surface area contributed by atoms with Gasteiger partial charge in [0, 0.05) is 18.4 Å². The second kappa shape index (κ2) is 6.47. The number of carbonyl (C=O) groups is 2. The van der Waals surface area contributed by atoms with E-state index in [0.717, 1.165) is 5.56 Å². The largest absolute Gasteiger partial charge is 0.481 e. The summed E-state index contributed by atoms with van der Waals surface area (Å²) in [4.78, 5) is 27.1. The molecule has 0 aliphatic heterocycles. The third-order valence-corrected chi connectivity index (χ3v) is 2.58. The van der Waals surface area contributed by atoms with E-state index >= 15 is 0 Å². The van der Waals surface area contributed by atoms with Crippen LogP contribution in [-0.4, -0.2) is 33.7 Å². The molecule has 0 spiro atoms. The predicted octanol–water partition coefficient (Wildman–Crippen LogP) is 0.994. The molecule has 1 rings (SSSR count). The number of rotatable bonds is 5. The molecule has 0 aliphatic rings. The number of pyridine rings is 1. The molecule has 0 bridgehead atoms. The molecule has 0 aliphatic carbocycles. The lowest BCUT2D eigenvalue weighted by Crippen LogP contribution is -2.45. The number of carboxylic acids is 1. The number of nitrogens with two attached hydrogens (primary N) is 1. The van der Waals surface area contributed by atoms with Crippen molar-refractivity contribution < 1.29 is 19.4 Å². The van der Waals surface area contributed by atoms with E-state index < -0.39 is 29.5 Å². The average Bonchev–Trinajstić information content (AvgIpc) is 2.26. The third kappa shape index (κ3) is 4.97. The van der Waals surface area contributed by atoms with Gasteiger partial charge in [-0.15, -0.1) is 0 Å². The molecular weight excluding hydrogens is 260 g/mol. The van der Waals surface area contributed by atoms with Crippen molar-refractivity contribution in [2.75, 3.05) is 0 Å². The van der Waals surface area contributed by atoms with Crippen LogP contribution in [0.25, 0.3) is 0 Å². The summed E-state index contributed by atoms with van der Waals surface area (Å²) in [5.74, 6) is -3.48. The molecule has 0 amide bonds. The molecule has 1 heterocycles. The Kier molecular flexibility index (Phi) is 5.21. The Balaban J connectivity index is 2.80. The molecule has 20 heavy (non-hydrogen) atoms. The minimum atomic E-state index is -1.39. The molecular formula is C14H20N2O4. The van der Waals surface area contributed by atoms with Crippen molar-refractivity contribution in [2.45, 2.75) is 38.8 Å². The summed E-state index contributed by atoms with van der Waals surface area (Å²) in [7, 11) is 0. The summed E-state index contributed by atoms with van der Waals surface area (Å²) in [6.07, 6.45) is 3.44. The minimum absolute atomic E-state index is 0.263. The summed E-state index contributed by atoms with van der Waals surface area (Å²) < 4.78 is 5.11. The molecule has 0 saturated heterocycles. The number of hydrogen-bond donors (Lipinski definition) is 2. The van der Waals surface area contributed by atoms with Crippen LogP contribution in [0.1, 0.15) is 26.3 Å². The Morgan fingerprint density at radius 3 is 2.35 bits per heavy atom. The highest BCUT2D eigenvalue weighted by atomic mass is 16.6. The second-order valence-electron chi connectivity index (χ2n) is 5.57. The lowest BCUT2D eigenvalue weighted by molar-refractivity contribution is -0.167. The second-order valence-corrected chi connectivity index (χ2v) is 5.57. The van der Waals surface area contributed by atoms with Gasteiger partial charge in [-0.2, -0.15) is 0 Å². The van der Waals surface area contributed by atoms with Gasteiger partial charge in [-0.3, -0.25) is 14.6 Å². The van der Waals surface area contributed by atoms with Crippen molar-refractivity contribution in [3.63, 3.8) is 0 Å². The number of carboxylic acid groups (broad SMARTS) is 1. The number of aromatic nitrogens is 1. The zero-order chi connectivity index (χ0) is 15.3. The van der Waals surface area contributed by atoms with Crippen LogP contribution >= 0.6 is 0 Å². The van der Waals surface area contributed by atoms with Crippen molar-refractivity contribution in [3.05, 3.63) is 30.1 Å². The van der Waals surface area contributed by atoms with Crippen LogP contribution in [-0.2, 0) is 20.7 Å². The molecule has 0 aromatic carbocycles. The Morgan fingerprint density at radius 2 is 1.90 bits per heavy atom. The van der Waals surface area contributed by atoms with Gasteiger partial charge in [0.25, 0.3) is 0 Å².